The Morgan fingerprint density at radius 3 is 2.35 bits per heavy atom. The van der Waals surface area contributed by atoms with E-state index in [-0.39, 0.29) is 12.2 Å². The van der Waals surface area contributed by atoms with Crippen LogP contribution >= 0.6 is 0 Å². The van der Waals surface area contributed by atoms with Gasteiger partial charge in [-0.1, -0.05) is 30.3 Å². The van der Waals surface area contributed by atoms with Crippen LogP contribution in [0, 0.1) is 0 Å². The highest BCUT2D eigenvalue weighted by molar-refractivity contribution is 5.70. The van der Waals surface area contributed by atoms with Gasteiger partial charge in [0, 0.05) is 43.3 Å². The summed E-state index contributed by atoms with van der Waals surface area (Å²) in [5, 5.41) is 3.71. The fourth-order valence-electron chi connectivity index (χ4n) is 4.38. The predicted octanol–water partition coefficient (Wildman–Crippen LogP) is 6.04. The minimum Gasteiger partial charge on any atom is -0.475 e. The SMILES string of the molecule is CC(C)(C)OC(=O)N1CCC(Oc2cccc3ncc(-c4ccc(-c5cnn(C(F)F)c5)cc4)n23)CC1. The lowest BCUT2D eigenvalue weighted by Crippen LogP contribution is -2.44. The number of ether oxygens (including phenoxy) is 2. The highest BCUT2D eigenvalue weighted by Crippen LogP contribution is 2.30. The number of pyridine rings is 1. The van der Waals surface area contributed by atoms with Crippen molar-refractivity contribution >= 4 is 11.7 Å². The number of benzene rings is 1. The summed E-state index contributed by atoms with van der Waals surface area (Å²) in [6, 6.07) is 13.3. The minimum absolute atomic E-state index is 0.0479. The smallest absolute Gasteiger partial charge is 0.410 e. The van der Waals surface area contributed by atoms with E-state index in [0.717, 1.165) is 22.5 Å². The minimum atomic E-state index is -2.67. The first-order valence-electron chi connectivity index (χ1n) is 12.2. The molecule has 1 aliphatic rings. The lowest BCUT2D eigenvalue weighted by molar-refractivity contribution is 0.0122. The molecule has 0 unspecified atom stereocenters. The maximum absolute atomic E-state index is 12.9. The molecule has 0 aliphatic carbocycles. The van der Waals surface area contributed by atoms with Crippen molar-refractivity contribution in [3.8, 4) is 28.3 Å². The largest absolute Gasteiger partial charge is 0.475 e. The predicted molar refractivity (Wildman–Crippen MR) is 135 cm³/mol. The zero-order valence-electron chi connectivity index (χ0n) is 21.0. The third-order valence-electron chi connectivity index (χ3n) is 6.19. The topological polar surface area (TPSA) is 73.9 Å². The molecule has 4 aromatic rings. The molecule has 1 fully saturated rings. The van der Waals surface area contributed by atoms with Crippen molar-refractivity contribution in [1.29, 1.82) is 0 Å². The van der Waals surface area contributed by atoms with Crippen molar-refractivity contribution in [2.45, 2.75) is 51.9 Å². The van der Waals surface area contributed by atoms with Gasteiger partial charge in [-0.2, -0.15) is 13.9 Å². The van der Waals surface area contributed by atoms with Crippen molar-refractivity contribution in [2.75, 3.05) is 13.1 Å². The molecule has 4 heterocycles. The average molecular weight is 510 g/mol. The van der Waals surface area contributed by atoms with Gasteiger partial charge >= 0.3 is 12.6 Å². The second-order valence-corrected chi connectivity index (χ2v) is 10.0. The third-order valence-corrected chi connectivity index (χ3v) is 6.19. The molecule has 0 radical (unpaired) electrons. The van der Waals surface area contributed by atoms with Gasteiger partial charge in [-0.15, -0.1) is 0 Å². The summed E-state index contributed by atoms with van der Waals surface area (Å²) < 4.78 is 40.2. The monoisotopic (exact) mass is 509 g/mol. The maximum Gasteiger partial charge on any atom is 0.410 e. The first kappa shape index (κ1) is 24.7. The number of likely N-dealkylation sites (tertiary alicyclic amines) is 1. The number of alkyl halides is 2. The number of nitrogens with zero attached hydrogens (tertiary/aromatic N) is 5. The van der Waals surface area contributed by atoms with Crippen LogP contribution < -0.4 is 4.74 Å². The van der Waals surface area contributed by atoms with E-state index in [4.69, 9.17) is 9.47 Å². The molecule has 1 amide bonds. The van der Waals surface area contributed by atoms with Crippen LogP contribution in [0.4, 0.5) is 13.6 Å². The molecule has 1 aromatic carbocycles. The van der Waals surface area contributed by atoms with E-state index in [0.29, 0.717) is 42.1 Å². The van der Waals surface area contributed by atoms with Crippen LogP contribution in [0.15, 0.2) is 61.1 Å². The molecule has 8 nitrogen and oxygen atoms in total. The van der Waals surface area contributed by atoms with Gasteiger partial charge in [0.05, 0.1) is 18.1 Å². The summed E-state index contributed by atoms with van der Waals surface area (Å²) >= 11 is 0. The van der Waals surface area contributed by atoms with Crippen molar-refractivity contribution < 1.29 is 23.0 Å². The summed E-state index contributed by atoms with van der Waals surface area (Å²) in [5.41, 5.74) is 3.40. The zero-order valence-corrected chi connectivity index (χ0v) is 21.0. The number of aromatic nitrogens is 4. The summed E-state index contributed by atoms with van der Waals surface area (Å²) in [6.45, 7) is 4.04. The van der Waals surface area contributed by atoms with Gasteiger partial charge in [0.1, 0.15) is 17.4 Å². The number of fused-ring (bicyclic) bond motifs is 1. The standard InChI is InChI=1S/C27H29F2N5O3/c1-27(2,3)37-26(35)32-13-11-21(12-14-32)36-24-6-4-5-23-30-16-22(34(23)24)19-9-7-18(8-10-19)20-15-31-33(17-20)25(28)29/h4-10,15-17,21,25H,11-14H2,1-3H3. The molecule has 0 N–H and O–H groups in total. The van der Waals surface area contributed by atoms with Gasteiger partial charge in [-0.05, 0) is 38.5 Å². The second-order valence-electron chi connectivity index (χ2n) is 10.0. The van der Waals surface area contributed by atoms with E-state index in [1.54, 1.807) is 11.1 Å². The Labute approximate surface area is 213 Å². The Hall–Kier alpha value is -3.95. The van der Waals surface area contributed by atoms with Gasteiger partial charge in [0.2, 0.25) is 0 Å². The Morgan fingerprint density at radius 2 is 1.70 bits per heavy atom. The summed E-state index contributed by atoms with van der Waals surface area (Å²) in [5.74, 6) is 0.669. The van der Waals surface area contributed by atoms with E-state index in [1.165, 1.54) is 12.4 Å². The molecule has 0 atom stereocenters. The van der Waals surface area contributed by atoms with Gasteiger partial charge in [-0.25, -0.2) is 14.5 Å². The van der Waals surface area contributed by atoms with E-state index in [2.05, 4.69) is 10.1 Å². The Bertz CT molecular complexity index is 1380. The first-order chi connectivity index (χ1) is 17.7. The molecule has 10 heteroatoms. The van der Waals surface area contributed by atoms with E-state index in [1.807, 2.05) is 67.6 Å². The van der Waals surface area contributed by atoms with Gasteiger partial charge < -0.3 is 14.4 Å². The molecule has 5 rings (SSSR count). The summed E-state index contributed by atoms with van der Waals surface area (Å²) in [7, 11) is 0. The zero-order chi connectivity index (χ0) is 26.2. The Balaban J connectivity index is 1.32. The van der Waals surface area contributed by atoms with Crippen molar-refractivity contribution in [2.24, 2.45) is 0 Å². The molecule has 194 valence electrons. The summed E-state index contributed by atoms with van der Waals surface area (Å²) in [4.78, 5) is 18.6. The lowest BCUT2D eigenvalue weighted by Gasteiger charge is -2.33. The number of amides is 1. The lowest BCUT2D eigenvalue weighted by atomic mass is 10.1. The molecule has 0 bridgehead atoms. The van der Waals surface area contributed by atoms with Crippen LogP contribution in [0.1, 0.15) is 40.2 Å². The molecule has 1 aliphatic heterocycles. The fraction of sp³-hybridized carbons (Fsp3) is 0.370. The Morgan fingerprint density at radius 1 is 1.00 bits per heavy atom. The van der Waals surface area contributed by atoms with Crippen LogP contribution in [0.25, 0.3) is 28.0 Å². The maximum atomic E-state index is 12.9. The fourth-order valence-corrected chi connectivity index (χ4v) is 4.38. The highest BCUT2D eigenvalue weighted by atomic mass is 19.3. The Kier molecular flexibility index (Phi) is 6.57. The molecular weight excluding hydrogens is 480 g/mol. The number of halogens is 2. The van der Waals surface area contributed by atoms with Gasteiger partial charge in [-0.3, -0.25) is 4.40 Å². The van der Waals surface area contributed by atoms with Crippen LogP contribution in [0.3, 0.4) is 0 Å². The highest BCUT2D eigenvalue weighted by Gasteiger charge is 2.28. The second kappa shape index (κ2) is 9.84. The number of rotatable bonds is 5. The molecule has 37 heavy (non-hydrogen) atoms. The molecule has 0 saturated carbocycles. The van der Waals surface area contributed by atoms with Crippen LogP contribution in [0.5, 0.6) is 5.88 Å². The first-order valence-corrected chi connectivity index (χ1v) is 12.2. The number of hydrogen-bond donors (Lipinski definition) is 0. The van der Waals surface area contributed by atoms with E-state index < -0.39 is 12.2 Å². The normalized spacial score (nSPS) is 14.9. The van der Waals surface area contributed by atoms with E-state index >= 15 is 0 Å². The van der Waals surface area contributed by atoms with Crippen LogP contribution in [0.2, 0.25) is 0 Å². The number of carbonyl (C=O) groups is 1. The molecular formula is C27H29F2N5O3. The van der Waals surface area contributed by atoms with Crippen molar-refractivity contribution in [3.05, 3.63) is 61.1 Å². The quantitative estimate of drug-likeness (QED) is 0.328. The molecule has 3 aromatic heterocycles. The number of hydrogen-bond acceptors (Lipinski definition) is 5. The third kappa shape index (κ3) is 5.42. The number of imidazole rings is 1. The van der Waals surface area contributed by atoms with Crippen molar-refractivity contribution in [1.82, 2.24) is 24.1 Å². The molecule has 1 saturated heterocycles. The van der Waals surface area contributed by atoms with Gasteiger partial charge in [0.25, 0.3) is 0 Å². The van der Waals surface area contributed by atoms with E-state index in [9.17, 15) is 13.6 Å². The number of carbonyl (C=O) groups excluding carboxylic acids is 1. The number of piperidine rings is 1. The van der Waals surface area contributed by atoms with Crippen LogP contribution in [-0.4, -0.2) is 55.0 Å². The summed E-state index contributed by atoms with van der Waals surface area (Å²) in [6.07, 6.45) is 5.59. The molecule has 0 spiro atoms. The van der Waals surface area contributed by atoms with Gasteiger partial charge in [0.15, 0.2) is 5.88 Å². The van der Waals surface area contributed by atoms with Crippen molar-refractivity contribution in [3.63, 3.8) is 0 Å². The average Bonchev–Trinajstić information content (AvgIpc) is 3.52. The van der Waals surface area contributed by atoms with Crippen LogP contribution in [-0.2, 0) is 4.74 Å².